The van der Waals surface area contributed by atoms with Crippen molar-refractivity contribution in [2.75, 3.05) is 6.61 Å². The van der Waals surface area contributed by atoms with Crippen LogP contribution < -0.4 is 9.47 Å². The van der Waals surface area contributed by atoms with Gasteiger partial charge >= 0.3 is 0 Å². The van der Waals surface area contributed by atoms with Gasteiger partial charge in [0.1, 0.15) is 23.1 Å². The van der Waals surface area contributed by atoms with Crippen molar-refractivity contribution in [1.82, 2.24) is 0 Å². The number of halogens is 1. The fourth-order valence-corrected chi connectivity index (χ4v) is 1.72. The Balaban J connectivity index is 2.10. The summed E-state index contributed by atoms with van der Waals surface area (Å²) < 4.78 is 24.2. The number of hydrogen-bond donors (Lipinski definition) is 1. The van der Waals surface area contributed by atoms with E-state index in [1.807, 2.05) is 19.1 Å². The highest BCUT2D eigenvalue weighted by atomic mass is 19.1. The number of aliphatic hydroxyl groups is 1. The van der Waals surface area contributed by atoms with Gasteiger partial charge in [-0.05, 0) is 48.9 Å². The van der Waals surface area contributed by atoms with Crippen LogP contribution in [0.3, 0.4) is 0 Å². The topological polar surface area (TPSA) is 38.7 Å². The van der Waals surface area contributed by atoms with Crippen LogP contribution in [0.1, 0.15) is 18.9 Å². The van der Waals surface area contributed by atoms with E-state index in [9.17, 15) is 9.50 Å². The van der Waals surface area contributed by atoms with Gasteiger partial charge in [-0.15, -0.1) is 0 Å². The second-order valence-corrected chi connectivity index (χ2v) is 4.33. The Morgan fingerprint density at radius 1 is 1.05 bits per heavy atom. The maximum Gasteiger partial charge on any atom is 0.133 e. The Morgan fingerprint density at radius 2 is 1.75 bits per heavy atom. The summed E-state index contributed by atoms with van der Waals surface area (Å²) in [6, 6.07) is 11.2. The molecule has 0 aliphatic rings. The van der Waals surface area contributed by atoms with Crippen molar-refractivity contribution in [2.45, 2.75) is 20.0 Å². The van der Waals surface area contributed by atoms with E-state index in [1.165, 1.54) is 18.2 Å². The molecule has 2 aromatic rings. The highest BCUT2D eigenvalue weighted by molar-refractivity contribution is 5.39. The van der Waals surface area contributed by atoms with E-state index in [-0.39, 0.29) is 6.61 Å². The van der Waals surface area contributed by atoms with E-state index in [0.717, 1.165) is 12.2 Å². The average Bonchev–Trinajstić information content (AvgIpc) is 2.48. The molecule has 106 valence electrons. The molecule has 0 aromatic heterocycles. The molecule has 2 rings (SSSR count). The van der Waals surface area contributed by atoms with E-state index >= 15 is 0 Å². The van der Waals surface area contributed by atoms with Gasteiger partial charge in [0.2, 0.25) is 0 Å². The minimum Gasteiger partial charge on any atom is -0.494 e. The Bertz CT molecular complexity index is 552. The number of hydrogen-bond acceptors (Lipinski definition) is 3. The second-order valence-electron chi connectivity index (χ2n) is 4.33. The summed E-state index contributed by atoms with van der Waals surface area (Å²) in [6.07, 6.45) is 0.952. The summed E-state index contributed by atoms with van der Waals surface area (Å²) in [7, 11) is 0. The molecule has 0 saturated heterocycles. The van der Waals surface area contributed by atoms with Crippen molar-refractivity contribution in [3.8, 4) is 17.2 Å². The third-order valence-electron chi connectivity index (χ3n) is 2.72. The van der Waals surface area contributed by atoms with Crippen LogP contribution in [0.25, 0.3) is 0 Å². The fourth-order valence-electron chi connectivity index (χ4n) is 1.72. The predicted molar refractivity (Wildman–Crippen MR) is 74.6 cm³/mol. The number of aliphatic hydroxyl groups excluding tert-OH is 1. The molecule has 0 unspecified atom stereocenters. The van der Waals surface area contributed by atoms with Gasteiger partial charge in [0.05, 0.1) is 13.2 Å². The molecule has 0 atom stereocenters. The van der Waals surface area contributed by atoms with Crippen LogP contribution in [0.5, 0.6) is 17.2 Å². The van der Waals surface area contributed by atoms with Crippen LogP contribution >= 0.6 is 0 Å². The quantitative estimate of drug-likeness (QED) is 0.869. The van der Waals surface area contributed by atoms with E-state index in [4.69, 9.17) is 9.47 Å². The maximum atomic E-state index is 13.1. The SMILES string of the molecule is CCCOc1ccc(Oc2ccc(F)cc2CO)cc1. The van der Waals surface area contributed by atoms with Gasteiger partial charge < -0.3 is 14.6 Å². The van der Waals surface area contributed by atoms with Crippen molar-refractivity contribution >= 4 is 0 Å². The normalized spacial score (nSPS) is 10.3. The molecule has 0 spiro atoms. The Kier molecular flexibility index (Phi) is 4.96. The van der Waals surface area contributed by atoms with E-state index in [0.29, 0.717) is 23.7 Å². The zero-order valence-corrected chi connectivity index (χ0v) is 11.3. The van der Waals surface area contributed by atoms with Crippen molar-refractivity contribution < 1.29 is 19.0 Å². The summed E-state index contributed by atoms with van der Waals surface area (Å²) in [6.45, 7) is 2.44. The lowest BCUT2D eigenvalue weighted by molar-refractivity contribution is 0.275. The summed E-state index contributed by atoms with van der Waals surface area (Å²) in [5, 5.41) is 9.20. The first-order valence-electron chi connectivity index (χ1n) is 6.53. The molecular formula is C16H17FO3. The minimum absolute atomic E-state index is 0.273. The number of benzene rings is 2. The van der Waals surface area contributed by atoms with Gasteiger partial charge in [0.25, 0.3) is 0 Å². The van der Waals surface area contributed by atoms with Crippen LogP contribution in [0.4, 0.5) is 4.39 Å². The third-order valence-corrected chi connectivity index (χ3v) is 2.72. The molecule has 0 amide bonds. The first-order chi connectivity index (χ1) is 9.72. The van der Waals surface area contributed by atoms with Crippen LogP contribution in [-0.4, -0.2) is 11.7 Å². The molecule has 0 fully saturated rings. The van der Waals surface area contributed by atoms with Crippen LogP contribution in [0.15, 0.2) is 42.5 Å². The molecule has 2 aromatic carbocycles. The second kappa shape index (κ2) is 6.91. The van der Waals surface area contributed by atoms with Gasteiger partial charge in [0.15, 0.2) is 0 Å². The lowest BCUT2D eigenvalue weighted by Crippen LogP contribution is -1.95. The minimum atomic E-state index is -0.398. The first-order valence-corrected chi connectivity index (χ1v) is 6.53. The van der Waals surface area contributed by atoms with E-state index in [2.05, 4.69) is 0 Å². The Labute approximate surface area is 117 Å². The van der Waals surface area contributed by atoms with Gasteiger partial charge in [-0.25, -0.2) is 4.39 Å². The standard InChI is InChI=1S/C16H17FO3/c1-2-9-19-14-4-6-15(7-5-14)20-16-8-3-13(17)10-12(16)11-18/h3-8,10,18H,2,9,11H2,1H3. The van der Waals surface area contributed by atoms with Crippen LogP contribution in [0, 0.1) is 5.82 Å². The molecule has 0 aliphatic carbocycles. The predicted octanol–water partition coefficient (Wildman–Crippen LogP) is 3.90. The molecule has 0 heterocycles. The molecule has 3 nitrogen and oxygen atoms in total. The molecule has 1 N–H and O–H groups in total. The highest BCUT2D eigenvalue weighted by Crippen LogP contribution is 2.27. The van der Waals surface area contributed by atoms with E-state index in [1.54, 1.807) is 12.1 Å². The molecule has 20 heavy (non-hydrogen) atoms. The van der Waals surface area contributed by atoms with Gasteiger partial charge in [-0.2, -0.15) is 0 Å². The summed E-state index contributed by atoms with van der Waals surface area (Å²) >= 11 is 0. The summed E-state index contributed by atoms with van der Waals surface area (Å²) in [4.78, 5) is 0. The van der Waals surface area contributed by atoms with Gasteiger partial charge in [-0.1, -0.05) is 6.92 Å². The lowest BCUT2D eigenvalue weighted by atomic mass is 10.2. The van der Waals surface area contributed by atoms with Gasteiger partial charge in [-0.3, -0.25) is 0 Å². The average molecular weight is 276 g/mol. The monoisotopic (exact) mass is 276 g/mol. The third kappa shape index (κ3) is 3.71. The highest BCUT2D eigenvalue weighted by Gasteiger charge is 2.06. The summed E-state index contributed by atoms with van der Waals surface area (Å²) in [5.41, 5.74) is 0.413. The Morgan fingerprint density at radius 3 is 2.40 bits per heavy atom. The fraction of sp³-hybridized carbons (Fsp3) is 0.250. The number of rotatable bonds is 6. The molecular weight excluding hydrogens is 259 g/mol. The maximum absolute atomic E-state index is 13.1. The molecule has 4 heteroatoms. The van der Waals surface area contributed by atoms with Gasteiger partial charge in [0, 0.05) is 5.56 Å². The number of ether oxygens (including phenoxy) is 2. The zero-order valence-electron chi connectivity index (χ0n) is 11.3. The smallest absolute Gasteiger partial charge is 0.133 e. The first kappa shape index (κ1) is 14.3. The molecule has 0 aliphatic heterocycles. The van der Waals surface area contributed by atoms with Crippen molar-refractivity contribution in [3.05, 3.63) is 53.8 Å². The van der Waals surface area contributed by atoms with Crippen molar-refractivity contribution in [2.24, 2.45) is 0 Å². The molecule has 0 bridgehead atoms. The zero-order chi connectivity index (χ0) is 14.4. The van der Waals surface area contributed by atoms with Crippen molar-refractivity contribution in [1.29, 1.82) is 0 Å². The molecule has 0 saturated carbocycles. The lowest BCUT2D eigenvalue weighted by Gasteiger charge is -2.10. The Hall–Kier alpha value is -2.07. The van der Waals surface area contributed by atoms with Crippen LogP contribution in [0.2, 0.25) is 0 Å². The largest absolute Gasteiger partial charge is 0.494 e. The molecule has 0 radical (unpaired) electrons. The van der Waals surface area contributed by atoms with E-state index < -0.39 is 5.82 Å². The summed E-state index contributed by atoms with van der Waals surface area (Å²) in [5.74, 6) is 1.43. The van der Waals surface area contributed by atoms with Crippen LogP contribution in [-0.2, 0) is 6.61 Å². The van der Waals surface area contributed by atoms with Crippen molar-refractivity contribution in [3.63, 3.8) is 0 Å².